The van der Waals surface area contributed by atoms with Gasteiger partial charge in [0.25, 0.3) is 0 Å². The molecule has 0 fully saturated rings. The van der Waals surface area contributed by atoms with E-state index in [1.807, 2.05) is 12.1 Å². The van der Waals surface area contributed by atoms with Crippen LogP contribution in [0.5, 0.6) is 0 Å². The van der Waals surface area contributed by atoms with Crippen LogP contribution in [0.15, 0.2) is 15.9 Å². The smallest absolute Gasteiger partial charge is 0.0701 e. The van der Waals surface area contributed by atoms with E-state index in [1.54, 1.807) is 18.4 Å². The molecule has 68 valence electrons. The van der Waals surface area contributed by atoms with Crippen LogP contribution in [0.2, 0.25) is 0 Å². The van der Waals surface area contributed by atoms with Gasteiger partial charge in [0.1, 0.15) is 0 Å². The van der Waals surface area contributed by atoms with Crippen LogP contribution < -0.4 is 0 Å². The Hall–Kier alpha value is 0.1000. The second kappa shape index (κ2) is 4.97. The molecule has 2 nitrogen and oxygen atoms in total. The van der Waals surface area contributed by atoms with Crippen molar-refractivity contribution in [3.63, 3.8) is 0 Å². The van der Waals surface area contributed by atoms with Crippen LogP contribution in [0, 0.1) is 0 Å². The van der Waals surface area contributed by atoms with E-state index >= 15 is 0 Å². The first kappa shape index (κ1) is 10.2. The number of hydrogen-bond acceptors (Lipinski definition) is 3. The largest absolute Gasteiger partial charge is 0.396 e. The average molecular weight is 251 g/mol. The molecule has 0 radical (unpaired) electrons. The Morgan fingerprint density at radius 3 is 2.83 bits per heavy atom. The summed E-state index contributed by atoms with van der Waals surface area (Å²) in [5.74, 6) is 0.117. The Morgan fingerprint density at radius 1 is 1.67 bits per heavy atom. The summed E-state index contributed by atoms with van der Waals surface area (Å²) in [4.78, 5) is 1.16. The van der Waals surface area contributed by atoms with E-state index in [2.05, 4.69) is 15.9 Å². The standard InChI is InChI=1S/C8H11BrO2S/c1-11-5-6(4-10)7-2-3-8(9)12-7/h2-3,6,10H,4-5H2,1H3. The van der Waals surface area contributed by atoms with Gasteiger partial charge in [-0.3, -0.25) is 0 Å². The highest BCUT2D eigenvalue weighted by Gasteiger charge is 2.11. The number of ether oxygens (including phenoxy) is 1. The van der Waals surface area contributed by atoms with Crippen LogP contribution in [0.1, 0.15) is 10.8 Å². The molecule has 1 atom stereocenters. The van der Waals surface area contributed by atoms with E-state index in [9.17, 15) is 0 Å². The van der Waals surface area contributed by atoms with E-state index in [-0.39, 0.29) is 12.5 Å². The van der Waals surface area contributed by atoms with Crippen molar-refractivity contribution in [1.29, 1.82) is 0 Å². The van der Waals surface area contributed by atoms with Gasteiger partial charge < -0.3 is 9.84 Å². The molecule has 12 heavy (non-hydrogen) atoms. The van der Waals surface area contributed by atoms with Crippen molar-refractivity contribution in [3.8, 4) is 0 Å². The van der Waals surface area contributed by atoms with Gasteiger partial charge in [0.2, 0.25) is 0 Å². The van der Waals surface area contributed by atoms with Crippen LogP contribution in [0.3, 0.4) is 0 Å². The molecule has 4 heteroatoms. The van der Waals surface area contributed by atoms with Gasteiger partial charge in [-0.1, -0.05) is 0 Å². The fraction of sp³-hybridized carbons (Fsp3) is 0.500. The lowest BCUT2D eigenvalue weighted by atomic mass is 10.1. The summed E-state index contributed by atoms with van der Waals surface area (Å²) in [5, 5.41) is 9.03. The van der Waals surface area contributed by atoms with Crippen LogP contribution in [-0.4, -0.2) is 25.4 Å². The SMILES string of the molecule is COCC(CO)c1ccc(Br)s1. The van der Waals surface area contributed by atoms with Gasteiger partial charge in [-0.15, -0.1) is 11.3 Å². The van der Waals surface area contributed by atoms with Crippen molar-refractivity contribution in [2.24, 2.45) is 0 Å². The molecular weight excluding hydrogens is 240 g/mol. The number of thiophene rings is 1. The van der Waals surface area contributed by atoms with E-state index in [1.165, 1.54) is 0 Å². The van der Waals surface area contributed by atoms with Gasteiger partial charge in [-0.25, -0.2) is 0 Å². The van der Waals surface area contributed by atoms with Crippen molar-refractivity contribution in [2.75, 3.05) is 20.3 Å². The zero-order chi connectivity index (χ0) is 8.97. The van der Waals surface area contributed by atoms with Crippen molar-refractivity contribution in [2.45, 2.75) is 5.92 Å². The molecule has 1 heterocycles. The van der Waals surface area contributed by atoms with Crippen molar-refractivity contribution >= 4 is 27.3 Å². The first-order chi connectivity index (χ1) is 5.77. The van der Waals surface area contributed by atoms with Crippen LogP contribution in [-0.2, 0) is 4.74 Å². The maximum Gasteiger partial charge on any atom is 0.0701 e. The zero-order valence-corrected chi connectivity index (χ0v) is 9.19. The van der Waals surface area contributed by atoms with Gasteiger partial charge in [0.15, 0.2) is 0 Å². The highest BCUT2D eigenvalue weighted by Crippen LogP contribution is 2.28. The molecular formula is C8H11BrO2S. The normalized spacial score (nSPS) is 13.2. The molecule has 0 amide bonds. The second-order valence-electron chi connectivity index (χ2n) is 2.48. The number of hydrogen-bond donors (Lipinski definition) is 1. The maximum atomic E-state index is 9.03. The summed E-state index contributed by atoms with van der Waals surface area (Å²) in [6.07, 6.45) is 0. The van der Waals surface area contributed by atoms with E-state index in [4.69, 9.17) is 9.84 Å². The predicted molar refractivity (Wildman–Crippen MR) is 53.7 cm³/mol. The third-order valence-electron chi connectivity index (χ3n) is 1.58. The minimum atomic E-state index is 0.117. The third kappa shape index (κ3) is 2.55. The van der Waals surface area contributed by atoms with Crippen molar-refractivity contribution < 1.29 is 9.84 Å². The predicted octanol–water partition coefficient (Wildman–Crippen LogP) is 2.23. The summed E-state index contributed by atoms with van der Waals surface area (Å²) >= 11 is 5.01. The Kier molecular flexibility index (Phi) is 4.21. The van der Waals surface area contributed by atoms with Gasteiger partial charge in [-0.2, -0.15) is 0 Å². The summed E-state index contributed by atoms with van der Waals surface area (Å²) in [6.45, 7) is 0.713. The lowest BCUT2D eigenvalue weighted by Gasteiger charge is -2.09. The highest BCUT2D eigenvalue weighted by atomic mass is 79.9. The van der Waals surface area contributed by atoms with Crippen LogP contribution >= 0.6 is 27.3 Å². The number of halogens is 1. The molecule has 0 saturated heterocycles. The van der Waals surface area contributed by atoms with Gasteiger partial charge in [0.05, 0.1) is 17.0 Å². The lowest BCUT2D eigenvalue weighted by Crippen LogP contribution is -2.08. The Morgan fingerprint density at radius 2 is 2.42 bits per heavy atom. The average Bonchev–Trinajstić information content (AvgIpc) is 2.47. The number of methoxy groups -OCH3 is 1. The first-order valence-electron chi connectivity index (χ1n) is 3.63. The molecule has 0 aliphatic rings. The number of aliphatic hydroxyl groups is 1. The van der Waals surface area contributed by atoms with Gasteiger partial charge in [-0.05, 0) is 28.1 Å². The molecule has 0 saturated carbocycles. The summed E-state index contributed by atoms with van der Waals surface area (Å²) < 4.78 is 6.08. The molecule has 1 N–H and O–H groups in total. The maximum absolute atomic E-state index is 9.03. The minimum Gasteiger partial charge on any atom is -0.396 e. The Bertz CT molecular complexity index is 237. The zero-order valence-electron chi connectivity index (χ0n) is 6.79. The summed E-state index contributed by atoms with van der Waals surface area (Å²) in [7, 11) is 1.64. The Labute approximate surface area is 84.3 Å². The van der Waals surface area contributed by atoms with Crippen LogP contribution in [0.25, 0.3) is 0 Å². The fourth-order valence-corrected chi connectivity index (χ4v) is 2.47. The molecule has 0 bridgehead atoms. The molecule has 1 aromatic heterocycles. The highest BCUT2D eigenvalue weighted by molar-refractivity contribution is 9.11. The number of rotatable bonds is 4. The summed E-state index contributed by atoms with van der Waals surface area (Å²) in [5.41, 5.74) is 0. The number of aliphatic hydroxyl groups excluding tert-OH is 1. The lowest BCUT2D eigenvalue weighted by molar-refractivity contribution is 0.145. The van der Waals surface area contributed by atoms with Crippen molar-refractivity contribution in [3.05, 3.63) is 20.8 Å². The second-order valence-corrected chi connectivity index (χ2v) is 4.97. The van der Waals surface area contributed by atoms with E-state index in [0.717, 1.165) is 8.66 Å². The molecule has 1 rings (SSSR count). The summed E-state index contributed by atoms with van der Waals surface area (Å²) in [6, 6.07) is 3.99. The van der Waals surface area contributed by atoms with Gasteiger partial charge >= 0.3 is 0 Å². The molecule has 1 unspecified atom stereocenters. The molecule has 0 aliphatic heterocycles. The molecule has 0 aliphatic carbocycles. The first-order valence-corrected chi connectivity index (χ1v) is 5.24. The molecule has 0 aromatic carbocycles. The third-order valence-corrected chi connectivity index (χ3v) is 3.37. The van der Waals surface area contributed by atoms with E-state index < -0.39 is 0 Å². The fourth-order valence-electron chi connectivity index (χ4n) is 0.974. The topological polar surface area (TPSA) is 29.5 Å². The monoisotopic (exact) mass is 250 g/mol. The van der Waals surface area contributed by atoms with E-state index in [0.29, 0.717) is 6.61 Å². The minimum absolute atomic E-state index is 0.117. The Balaban J connectivity index is 2.66. The van der Waals surface area contributed by atoms with Gasteiger partial charge in [0, 0.05) is 17.9 Å². The quantitative estimate of drug-likeness (QED) is 0.889. The van der Waals surface area contributed by atoms with Crippen LogP contribution in [0.4, 0.5) is 0 Å². The van der Waals surface area contributed by atoms with Crippen molar-refractivity contribution in [1.82, 2.24) is 0 Å². The molecule has 0 spiro atoms. The molecule has 1 aromatic rings.